The van der Waals surface area contributed by atoms with Crippen LogP contribution in [0, 0.1) is 0 Å². The van der Waals surface area contributed by atoms with Gasteiger partial charge in [0.1, 0.15) is 17.0 Å². The SMILES string of the molecule is O=C(NC(c1ccccc1)c1ccco1)c1ccc(Cl)nc1. The Labute approximate surface area is 132 Å². The smallest absolute Gasteiger partial charge is 0.253 e. The topological polar surface area (TPSA) is 55.1 Å². The summed E-state index contributed by atoms with van der Waals surface area (Å²) >= 11 is 5.74. The first kappa shape index (κ1) is 14.4. The fraction of sp³-hybridized carbons (Fsp3) is 0.0588. The Morgan fingerprint density at radius 1 is 1.09 bits per heavy atom. The highest BCUT2D eigenvalue weighted by Crippen LogP contribution is 2.22. The molecule has 3 rings (SSSR count). The lowest BCUT2D eigenvalue weighted by Crippen LogP contribution is -2.29. The number of hydrogen-bond donors (Lipinski definition) is 1. The highest BCUT2D eigenvalue weighted by Gasteiger charge is 2.20. The van der Waals surface area contributed by atoms with Crippen LogP contribution < -0.4 is 5.32 Å². The van der Waals surface area contributed by atoms with Crippen molar-refractivity contribution in [2.75, 3.05) is 0 Å². The molecule has 0 aliphatic carbocycles. The van der Waals surface area contributed by atoms with E-state index in [1.165, 1.54) is 6.20 Å². The van der Waals surface area contributed by atoms with Crippen LogP contribution in [0.2, 0.25) is 5.15 Å². The number of aromatic nitrogens is 1. The van der Waals surface area contributed by atoms with Crippen LogP contribution in [0.4, 0.5) is 0 Å². The number of carbonyl (C=O) groups is 1. The van der Waals surface area contributed by atoms with Crippen LogP contribution in [0.1, 0.15) is 27.7 Å². The summed E-state index contributed by atoms with van der Waals surface area (Å²) < 4.78 is 5.45. The third-order valence-corrected chi connectivity index (χ3v) is 3.45. The maximum Gasteiger partial charge on any atom is 0.253 e. The predicted molar refractivity (Wildman–Crippen MR) is 83.7 cm³/mol. The summed E-state index contributed by atoms with van der Waals surface area (Å²) in [6.45, 7) is 0. The standard InChI is InChI=1S/C17H13ClN2O2/c18-15-9-8-13(11-19-15)17(21)20-16(14-7-4-10-22-14)12-5-2-1-3-6-12/h1-11,16H,(H,20,21). The van der Waals surface area contributed by atoms with Gasteiger partial charge < -0.3 is 9.73 Å². The van der Waals surface area contributed by atoms with Crippen LogP contribution in [-0.2, 0) is 0 Å². The Morgan fingerprint density at radius 2 is 1.91 bits per heavy atom. The maximum atomic E-state index is 12.4. The lowest BCUT2D eigenvalue weighted by atomic mass is 10.0. The fourth-order valence-electron chi connectivity index (χ4n) is 2.14. The van der Waals surface area contributed by atoms with Gasteiger partial charge in [-0.15, -0.1) is 0 Å². The van der Waals surface area contributed by atoms with Crippen molar-refractivity contribution in [1.29, 1.82) is 0 Å². The molecular weight excluding hydrogens is 300 g/mol. The van der Waals surface area contributed by atoms with E-state index in [1.54, 1.807) is 24.5 Å². The lowest BCUT2D eigenvalue weighted by molar-refractivity contribution is 0.0938. The molecule has 0 fully saturated rings. The Balaban J connectivity index is 1.87. The van der Waals surface area contributed by atoms with E-state index in [-0.39, 0.29) is 11.9 Å². The first-order valence-electron chi connectivity index (χ1n) is 6.75. The molecule has 4 nitrogen and oxygen atoms in total. The molecule has 0 saturated carbocycles. The third kappa shape index (κ3) is 3.18. The monoisotopic (exact) mass is 312 g/mol. The van der Waals surface area contributed by atoms with Gasteiger partial charge in [-0.3, -0.25) is 4.79 Å². The molecule has 110 valence electrons. The molecule has 5 heteroatoms. The molecule has 1 N–H and O–H groups in total. The number of nitrogens with one attached hydrogen (secondary N) is 1. The van der Waals surface area contributed by atoms with E-state index in [4.69, 9.17) is 16.0 Å². The molecule has 1 atom stereocenters. The third-order valence-electron chi connectivity index (χ3n) is 3.23. The minimum atomic E-state index is -0.362. The van der Waals surface area contributed by atoms with E-state index < -0.39 is 0 Å². The Bertz CT molecular complexity index is 740. The van der Waals surface area contributed by atoms with Crippen LogP contribution in [0.15, 0.2) is 71.5 Å². The molecule has 2 aromatic heterocycles. The summed E-state index contributed by atoms with van der Waals surface area (Å²) in [7, 11) is 0. The van der Waals surface area contributed by atoms with Crippen LogP contribution in [-0.4, -0.2) is 10.9 Å². The zero-order chi connectivity index (χ0) is 15.4. The molecule has 1 aromatic carbocycles. The molecule has 0 aliphatic heterocycles. The quantitative estimate of drug-likeness (QED) is 0.744. The van der Waals surface area contributed by atoms with E-state index in [9.17, 15) is 4.79 Å². The Hall–Kier alpha value is -2.59. The average molecular weight is 313 g/mol. The lowest BCUT2D eigenvalue weighted by Gasteiger charge is -2.17. The second kappa shape index (κ2) is 6.45. The van der Waals surface area contributed by atoms with Gasteiger partial charge in [-0.05, 0) is 29.8 Å². The first-order valence-corrected chi connectivity index (χ1v) is 7.12. The van der Waals surface area contributed by atoms with E-state index in [0.717, 1.165) is 5.56 Å². The van der Waals surface area contributed by atoms with Crippen LogP contribution >= 0.6 is 11.6 Å². The van der Waals surface area contributed by atoms with Crippen molar-refractivity contribution in [3.63, 3.8) is 0 Å². The van der Waals surface area contributed by atoms with Gasteiger partial charge in [0.2, 0.25) is 0 Å². The highest BCUT2D eigenvalue weighted by atomic mass is 35.5. The van der Waals surface area contributed by atoms with Crippen molar-refractivity contribution in [2.45, 2.75) is 6.04 Å². The van der Waals surface area contributed by atoms with Gasteiger partial charge in [-0.1, -0.05) is 41.9 Å². The molecule has 0 saturated heterocycles. The Kier molecular flexibility index (Phi) is 4.21. The van der Waals surface area contributed by atoms with Crippen molar-refractivity contribution >= 4 is 17.5 Å². The van der Waals surface area contributed by atoms with Gasteiger partial charge >= 0.3 is 0 Å². The minimum Gasteiger partial charge on any atom is -0.467 e. The molecule has 0 bridgehead atoms. The summed E-state index contributed by atoms with van der Waals surface area (Å²) in [4.78, 5) is 16.3. The molecule has 3 aromatic rings. The number of pyridine rings is 1. The number of hydrogen-bond acceptors (Lipinski definition) is 3. The largest absolute Gasteiger partial charge is 0.467 e. The second-order valence-corrected chi connectivity index (χ2v) is 5.09. The van der Waals surface area contributed by atoms with Crippen LogP contribution in [0.5, 0.6) is 0 Å². The first-order chi connectivity index (χ1) is 10.7. The van der Waals surface area contributed by atoms with Crippen molar-refractivity contribution in [3.8, 4) is 0 Å². The van der Waals surface area contributed by atoms with Gasteiger partial charge in [0.05, 0.1) is 11.8 Å². The van der Waals surface area contributed by atoms with Crippen molar-refractivity contribution in [3.05, 3.63) is 89.1 Å². The average Bonchev–Trinajstić information content (AvgIpc) is 3.08. The molecule has 1 amide bonds. The summed E-state index contributed by atoms with van der Waals surface area (Å²) in [6, 6.07) is 16.1. The van der Waals surface area contributed by atoms with Crippen molar-refractivity contribution < 1.29 is 9.21 Å². The number of amides is 1. The Morgan fingerprint density at radius 3 is 2.55 bits per heavy atom. The van der Waals surface area contributed by atoms with E-state index >= 15 is 0 Å². The summed E-state index contributed by atoms with van der Waals surface area (Å²) in [6.07, 6.45) is 3.03. The number of rotatable bonds is 4. The van der Waals surface area contributed by atoms with E-state index in [2.05, 4.69) is 10.3 Å². The number of benzene rings is 1. The molecule has 0 aliphatic rings. The molecule has 0 radical (unpaired) electrons. The van der Waals surface area contributed by atoms with Gasteiger partial charge in [0, 0.05) is 6.20 Å². The predicted octanol–water partition coefficient (Wildman–Crippen LogP) is 3.85. The zero-order valence-corrected chi connectivity index (χ0v) is 12.3. The number of nitrogens with zero attached hydrogens (tertiary/aromatic N) is 1. The van der Waals surface area contributed by atoms with Crippen LogP contribution in [0.25, 0.3) is 0 Å². The van der Waals surface area contributed by atoms with Gasteiger partial charge in [0.25, 0.3) is 5.91 Å². The maximum absolute atomic E-state index is 12.4. The van der Waals surface area contributed by atoms with Crippen molar-refractivity contribution in [1.82, 2.24) is 10.3 Å². The van der Waals surface area contributed by atoms with Gasteiger partial charge in [-0.2, -0.15) is 0 Å². The zero-order valence-electron chi connectivity index (χ0n) is 11.6. The normalized spacial score (nSPS) is 11.9. The fourth-order valence-corrected chi connectivity index (χ4v) is 2.26. The number of furan rings is 1. The molecular formula is C17H13ClN2O2. The number of halogens is 1. The van der Waals surface area contributed by atoms with Crippen molar-refractivity contribution in [2.24, 2.45) is 0 Å². The molecule has 22 heavy (non-hydrogen) atoms. The van der Waals surface area contributed by atoms with Crippen LogP contribution in [0.3, 0.4) is 0 Å². The van der Waals surface area contributed by atoms with Gasteiger partial charge in [0.15, 0.2) is 0 Å². The van der Waals surface area contributed by atoms with E-state index in [0.29, 0.717) is 16.5 Å². The molecule has 1 unspecified atom stereocenters. The summed E-state index contributed by atoms with van der Waals surface area (Å²) in [5.74, 6) is 0.427. The highest BCUT2D eigenvalue weighted by molar-refractivity contribution is 6.29. The summed E-state index contributed by atoms with van der Waals surface area (Å²) in [5.41, 5.74) is 1.38. The van der Waals surface area contributed by atoms with Gasteiger partial charge in [-0.25, -0.2) is 4.98 Å². The molecule has 0 spiro atoms. The second-order valence-electron chi connectivity index (χ2n) is 4.70. The molecule has 2 heterocycles. The van der Waals surface area contributed by atoms with E-state index in [1.807, 2.05) is 36.4 Å². The summed E-state index contributed by atoms with van der Waals surface area (Å²) in [5, 5.41) is 3.30. The number of carbonyl (C=O) groups excluding carboxylic acids is 1. The minimum absolute atomic E-state index is 0.241.